The van der Waals surface area contributed by atoms with Crippen LogP contribution in [-0.2, 0) is 24.3 Å². The van der Waals surface area contributed by atoms with E-state index in [9.17, 15) is 22.8 Å². The largest absolute Gasteiger partial charge is 0.454 e. The van der Waals surface area contributed by atoms with Crippen molar-refractivity contribution < 1.29 is 27.5 Å². The van der Waals surface area contributed by atoms with Crippen molar-refractivity contribution in [3.8, 4) is 0 Å². The summed E-state index contributed by atoms with van der Waals surface area (Å²) in [6.07, 6.45) is 1.40. The van der Waals surface area contributed by atoms with Crippen molar-refractivity contribution in [2.75, 3.05) is 37.3 Å². The van der Waals surface area contributed by atoms with Gasteiger partial charge in [-0.2, -0.15) is 4.31 Å². The summed E-state index contributed by atoms with van der Waals surface area (Å²) < 4.78 is 30.9. The van der Waals surface area contributed by atoms with Crippen LogP contribution in [0.15, 0.2) is 24.3 Å². The van der Waals surface area contributed by atoms with Crippen LogP contribution in [0.2, 0.25) is 0 Å². The number of benzene rings is 1. The fourth-order valence-corrected chi connectivity index (χ4v) is 5.27. The normalized spacial score (nSPS) is 16.7. The molecule has 172 valence electrons. The lowest BCUT2D eigenvalue weighted by Gasteiger charge is -2.22. The van der Waals surface area contributed by atoms with Gasteiger partial charge in [-0.25, -0.2) is 8.42 Å². The van der Waals surface area contributed by atoms with E-state index in [0.29, 0.717) is 43.6 Å². The molecule has 0 bridgehead atoms. The highest BCUT2D eigenvalue weighted by atomic mass is 32.2. The third-order valence-electron chi connectivity index (χ3n) is 5.08. The highest BCUT2D eigenvalue weighted by Gasteiger charge is 2.39. The predicted molar refractivity (Wildman–Crippen MR) is 117 cm³/mol. The summed E-state index contributed by atoms with van der Waals surface area (Å²) in [5, 5.41) is 2.60. The van der Waals surface area contributed by atoms with Crippen LogP contribution in [-0.4, -0.2) is 73.4 Å². The summed E-state index contributed by atoms with van der Waals surface area (Å²) in [7, 11) is -3.52. The van der Waals surface area contributed by atoms with E-state index in [-0.39, 0.29) is 18.2 Å². The number of hydrogen-bond acceptors (Lipinski definition) is 6. The van der Waals surface area contributed by atoms with Crippen LogP contribution >= 0.6 is 0 Å². The second kappa shape index (κ2) is 11.2. The average Bonchev–Trinajstić information content (AvgIpc) is 3.24. The van der Waals surface area contributed by atoms with Gasteiger partial charge in [-0.05, 0) is 51.3 Å². The molecule has 31 heavy (non-hydrogen) atoms. The summed E-state index contributed by atoms with van der Waals surface area (Å²) >= 11 is 0. The van der Waals surface area contributed by atoms with Crippen LogP contribution in [0.5, 0.6) is 0 Å². The van der Waals surface area contributed by atoms with Crippen molar-refractivity contribution in [1.82, 2.24) is 9.21 Å². The zero-order valence-corrected chi connectivity index (χ0v) is 19.1. The Labute approximate surface area is 183 Å². The Kier molecular flexibility index (Phi) is 9.00. The van der Waals surface area contributed by atoms with Gasteiger partial charge in [-0.1, -0.05) is 13.0 Å². The standard InChI is InChI=1S/C21H31N3O6S/c1-4-13-31(28,29)24-12-8-11-18(24)21(27)30-15-19(25)22-17-10-7-9-16(14-17)20(26)23(5-2)6-3/h7,9-10,14,18H,4-6,8,11-13,15H2,1-3H3,(H,22,25). The molecule has 1 unspecified atom stereocenters. The highest BCUT2D eigenvalue weighted by molar-refractivity contribution is 7.89. The van der Waals surface area contributed by atoms with E-state index in [1.807, 2.05) is 13.8 Å². The molecule has 1 N–H and O–H groups in total. The molecule has 1 saturated heterocycles. The highest BCUT2D eigenvalue weighted by Crippen LogP contribution is 2.23. The van der Waals surface area contributed by atoms with Gasteiger partial charge < -0.3 is 15.0 Å². The van der Waals surface area contributed by atoms with Gasteiger partial charge in [0.05, 0.1) is 5.75 Å². The van der Waals surface area contributed by atoms with Crippen molar-refractivity contribution in [3.05, 3.63) is 29.8 Å². The number of sulfonamides is 1. The average molecular weight is 454 g/mol. The molecule has 1 aliphatic rings. The van der Waals surface area contributed by atoms with E-state index in [1.165, 1.54) is 4.31 Å². The summed E-state index contributed by atoms with van der Waals surface area (Å²) in [5.74, 6) is -1.46. The summed E-state index contributed by atoms with van der Waals surface area (Å²) in [6, 6.07) is 5.64. The van der Waals surface area contributed by atoms with Crippen LogP contribution in [0.4, 0.5) is 5.69 Å². The smallest absolute Gasteiger partial charge is 0.324 e. The van der Waals surface area contributed by atoms with Crippen LogP contribution in [0.3, 0.4) is 0 Å². The molecule has 0 spiro atoms. The second-order valence-electron chi connectivity index (χ2n) is 7.30. The number of rotatable bonds is 10. The lowest BCUT2D eigenvalue weighted by atomic mass is 10.1. The number of amides is 2. The number of nitrogens with zero attached hydrogens (tertiary/aromatic N) is 2. The van der Waals surface area contributed by atoms with Crippen molar-refractivity contribution >= 4 is 33.5 Å². The summed E-state index contributed by atoms with van der Waals surface area (Å²) in [6.45, 7) is 6.44. The quantitative estimate of drug-likeness (QED) is 0.541. The number of nitrogens with one attached hydrogen (secondary N) is 1. The van der Waals surface area contributed by atoms with Crippen LogP contribution in [0, 0.1) is 0 Å². The molecule has 0 radical (unpaired) electrons. The molecule has 0 aliphatic carbocycles. The van der Waals surface area contributed by atoms with E-state index < -0.39 is 34.5 Å². The minimum absolute atomic E-state index is 0.0280. The van der Waals surface area contributed by atoms with Gasteiger partial charge in [0.2, 0.25) is 10.0 Å². The molecule has 1 aromatic rings. The van der Waals surface area contributed by atoms with Gasteiger partial charge in [0, 0.05) is 30.9 Å². The molecule has 2 amide bonds. The minimum Gasteiger partial charge on any atom is -0.454 e. The fraction of sp³-hybridized carbons (Fsp3) is 0.571. The number of esters is 1. The molecular weight excluding hydrogens is 422 g/mol. The molecular formula is C21H31N3O6S. The zero-order chi connectivity index (χ0) is 23.0. The Hall–Kier alpha value is -2.46. The Morgan fingerprint density at radius 2 is 1.90 bits per heavy atom. The van der Waals surface area contributed by atoms with Gasteiger partial charge in [0.25, 0.3) is 11.8 Å². The minimum atomic E-state index is -3.52. The van der Waals surface area contributed by atoms with E-state index in [1.54, 1.807) is 36.1 Å². The maximum Gasteiger partial charge on any atom is 0.324 e. The lowest BCUT2D eigenvalue weighted by Crippen LogP contribution is -2.43. The van der Waals surface area contributed by atoms with Gasteiger partial charge in [-0.3, -0.25) is 14.4 Å². The van der Waals surface area contributed by atoms with Crippen molar-refractivity contribution in [1.29, 1.82) is 0 Å². The Bertz CT molecular complexity index is 898. The number of carbonyl (C=O) groups is 3. The molecule has 2 rings (SSSR count). The molecule has 0 aromatic heterocycles. The van der Waals surface area contributed by atoms with Crippen LogP contribution < -0.4 is 5.32 Å². The first-order valence-corrected chi connectivity index (χ1v) is 12.2. The molecule has 1 aromatic carbocycles. The zero-order valence-electron chi connectivity index (χ0n) is 18.3. The third kappa shape index (κ3) is 6.51. The van der Waals surface area contributed by atoms with E-state index >= 15 is 0 Å². The Morgan fingerprint density at radius 3 is 2.55 bits per heavy atom. The first kappa shape index (κ1) is 24.8. The molecule has 1 aliphatic heterocycles. The topological polar surface area (TPSA) is 113 Å². The van der Waals surface area contributed by atoms with Gasteiger partial charge in [-0.15, -0.1) is 0 Å². The molecule has 0 saturated carbocycles. The maximum absolute atomic E-state index is 12.5. The van der Waals surface area contributed by atoms with E-state index in [2.05, 4.69) is 5.32 Å². The van der Waals surface area contributed by atoms with E-state index in [0.717, 1.165) is 0 Å². The van der Waals surface area contributed by atoms with Crippen molar-refractivity contribution in [2.45, 2.75) is 46.1 Å². The van der Waals surface area contributed by atoms with Crippen molar-refractivity contribution in [3.63, 3.8) is 0 Å². The third-order valence-corrected chi connectivity index (χ3v) is 7.16. The second-order valence-corrected chi connectivity index (χ2v) is 9.34. The van der Waals surface area contributed by atoms with Gasteiger partial charge in [0.15, 0.2) is 6.61 Å². The Balaban J connectivity index is 1.94. The van der Waals surface area contributed by atoms with Gasteiger partial charge >= 0.3 is 5.97 Å². The molecule has 1 heterocycles. The first-order chi connectivity index (χ1) is 14.7. The fourth-order valence-electron chi connectivity index (χ4n) is 3.54. The number of ether oxygens (including phenoxy) is 1. The molecule has 9 nitrogen and oxygen atoms in total. The maximum atomic E-state index is 12.5. The first-order valence-electron chi connectivity index (χ1n) is 10.6. The summed E-state index contributed by atoms with van der Waals surface area (Å²) in [4.78, 5) is 38.7. The summed E-state index contributed by atoms with van der Waals surface area (Å²) in [5.41, 5.74) is 0.855. The van der Waals surface area contributed by atoms with E-state index in [4.69, 9.17) is 4.74 Å². The number of anilines is 1. The lowest BCUT2D eigenvalue weighted by molar-refractivity contribution is -0.150. The Morgan fingerprint density at radius 1 is 1.19 bits per heavy atom. The van der Waals surface area contributed by atoms with Gasteiger partial charge in [0.1, 0.15) is 6.04 Å². The van der Waals surface area contributed by atoms with Crippen LogP contribution in [0.25, 0.3) is 0 Å². The number of hydrogen-bond donors (Lipinski definition) is 1. The molecule has 1 atom stereocenters. The SMILES string of the molecule is CCCS(=O)(=O)N1CCCC1C(=O)OCC(=O)Nc1cccc(C(=O)N(CC)CC)c1. The number of carbonyl (C=O) groups excluding carboxylic acids is 3. The predicted octanol–water partition coefficient (Wildman–Crippen LogP) is 1.85. The molecule has 1 fully saturated rings. The van der Waals surface area contributed by atoms with Crippen LogP contribution in [0.1, 0.15) is 50.4 Å². The molecule has 10 heteroatoms. The van der Waals surface area contributed by atoms with Crippen molar-refractivity contribution in [2.24, 2.45) is 0 Å². The monoisotopic (exact) mass is 453 g/mol.